The molecule has 0 bridgehead atoms. The largest absolute Gasteiger partial charge is 0.338 e. The molecular weight excluding hydrogens is 216 g/mol. The van der Waals surface area contributed by atoms with Crippen LogP contribution in [0.4, 0.5) is 17.2 Å². The lowest BCUT2D eigenvalue weighted by Crippen LogP contribution is -2.25. The molecule has 5 nitrogen and oxygen atoms in total. The molecule has 1 aliphatic rings. The summed E-state index contributed by atoms with van der Waals surface area (Å²) in [5.74, 6) is 0.572. The van der Waals surface area contributed by atoms with Gasteiger partial charge in [0.2, 0.25) is 0 Å². The Hall–Kier alpha value is -2.43. The molecule has 1 aromatic heterocycles. The van der Waals surface area contributed by atoms with E-state index in [1.807, 2.05) is 18.2 Å². The first-order chi connectivity index (χ1) is 8.27. The van der Waals surface area contributed by atoms with Crippen LogP contribution in [0.3, 0.4) is 0 Å². The molecule has 0 fully saturated rings. The van der Waals surface area contributed by atoms with Gasteiger partial charge in [0, 0.05) is 7.05 Å². The molecule has 0 atom stereocenters. The number of anilines is 3. The van der Waals surface area contributed by atoms with Crippen LogP contribution in [-0.2, 0) is 0 Å². The van der Waals surface area contributed by atoms with Gasteiger partial charge in [-0.2, -0.15) is 0 Å². The first-order valence-electron chi connectivity index (χ1n) is 5.21. The van der Waals surface area contributed by atoms with Crippen molar-refractivity contribution in [1.29, 1.82) is 0 Å². The molecule has 2 heterocycles. The number of benzene rings is 1. The molecule has 0 saturated carbocycles. The molecule has 1 aromatic carbocycles. The van der Waals surface area contributed by atoms with E-state index in [4.69, 9.17) is 0 Å². The summed E-state index contributed by atoms with van der Waals surface area (Å²) in [7, 11) is 1.72. The van der Waals surface area contributed by atoms with Crippen molar-refractivity contribution in [3.8, 4) is 0 Å². The number of amides is 1. The van der Waals surface area contributed by atoms with Gasteiger partial charge in [0.1, 0.15) is 12.0 Å². The molecule has 1 N–H and O–H groups in total. The number of nitrogens with zero attached hydrogens (tertiary/aromatic N) is 3. The lowest BCUT2D eigenvalue weighted by molar-refractivity contribution is 0.0994. The molecule has 17 heavy (non-hydrogen) atoms. The third-order valence-electron chi connectivity index (χ3n) is 2.77. The Kier molecular flexibility index (Phi) is 2.04. The first kappa shape index (κ1) is 9.77. The molecule has 2 aromatic rings. The monoisotopic (exact) mass is 226 g/mol. The SMILES string of the molecule is CN1C(=O)c2ccccc2Nc2ncncc21. The highest BCUT2D eigenvalue weighted by Gasteiger charge is 2.24. The zero-order chi connectivity index (χ0) is 11.8. The summed E-state index contributed by atoms with van der Waals surface area (Å²) in [6, 6.07) is 7.37. The normalized spacial score (nSPS) is 13.5. The number of hydrogen-bond acceptors (Lipinski definition) is 4. The number of rotatable bonds is 0. The highest BCUT2D eigenvalue weighted by molar-refractivity contribution is 6.12. The second-order valence-electron chi connectivity index (χ2n) is 3.79. The zero-order valence-corrected chi connectivity index (χ0v) is 9.21. The molecule has 0 saturated heterocycles. The van der Waals surface area contributed by atoms with E-state index in [2.05, 4.69) is 15.3 Å². The fraction of sp³-hybridized carbons (Fsp3) is 0.0833. The van der Waals surface area contributed by atoms with E-state index in [1.54, 1.807) is 24.2 Å². The minimum Gasteiger partial charge on any atom is -0.338 e. The number of aromatic nitrogens is 2. The lowest BCUT2D eigenvalue weighted by Gasteiger charge is -2.15. The van der Waals surface area contributed by atoms with Crippen molar-refractivity contribution in [2.45, 2.75) is 0 Å². The van der Waals surface area contributed by atoms with Crippen molar-refractivity contribution in [2.24, 2.45) is 0 Å². The van der Waals surface area contributed by atoms with Gasteiger partial charge in [-0.3, -0.25) is 4.79 Å². The van der Waals surface area contributed by atoms with Crippen molar-refractivity contribution >= 4 is 23.1 Å². The van der Waals surface area contributed by atoms with E-state index in [1.165, 1.54) is 6.33 Å². The van der Waals surface area contributed by atoms with Crippen molar-refractivity contribution in [3.63, 3.8) is 0 Å². The summed E-state index contributed by atoms with van der Waals surface area (Å²) < 4.78 is 0. The Morgan fingerprint density at radius 2 is 2.12 bits per heavy atom. The molecule has 1 aliphatic heterocycles. The van der Waals surface area contributed by atoms with Gasteiger partial charge >= 0.3 is 0 Å². The minimum atomic E-state index is -0.0679. The van der Waals surface area contributed by atoms with Gasteiger partial charge < -0.3 is 10.2 Å². The van der Waals surface area contributed by atoms with Gasteiger partial charge in [-0.1, -0.05) is 12.1 Å². The maximum Gasteiger partial charge on any atom is 0.260 e. The molecule has 1 amide bonds. The summed E-state index contributed by atoms with van der Waals surface area (Å²) >= 11 is 0. The number of nitrogens with one attached hydrogen (secondary N) is 1. The minimum absolute atomic E-state index is 0.0679. The average molecular weight is 226 g/mol. The molecule has 0 unspecified atom stereocenters. The van der Waals surface area contributed by atoms with Crippen molar-refractivity contribution in [2.75, 3.05) is 17.3 Å². The average Bonchev–Trinajstić information content (AvgIpc) is 2.48. The van der Waals surface area contributed by atoms with Gasteiger partial charge in [0.05, 0.1) is 17.4 Å². The number of carbonyl (C=O) groups excluding carboxylic acids is 1. The van der Waals surface area contributed by atoms with Gasteiger partial charge in [0.15, 0.2) is 5.82 Å². The van der Waals surface area contributed by atoms with Crippen LogP contribution in [0.5, 0.6) is 0 Å². The second-order valence-corrected chi connectivity index (χ2v) is 3.79. The topological polar surface area (TPSA) is 58.1 Å². The number of carbonyl (C=O) groups is 1. The Morgan fingerprint density at radius 3 is 3.00 bits per heavy atom. The highest BCUT2D eigenvalue weighted by Crippen LogP contribution is 2.31. The van der Waals surface area contributed by atoms with Crippen LogP contribution in [0, 0.1) is 0 Å². The standard InChI is InChI=1S/C12H10N4O/c1-16-10-6-13-7-14-11(10)15-9-5-3-2-4-8(9)12(16)17/h2-7H,1H3,(H,13,14,15). The maximum absolute atomic E-state index is 12.2. The van der Waals surface area contributed by atoms with Crippen LogP contribution in [-0.4, -0.2) is 22.9 Å². The maximum atomic E-state index is 12.2. The number of hydrogen-bond donors (Lipinski definition) is 1. The number of para-hydroxylation sites is 1. The Bertz CT molecular complexity index is 597. The summed E-state index contributed by atoms with van der Waals surface area (Å²) in [4.78, 5) is 21.9. The fourth-order valence-electron chi connectivity index (χ4n) is 1.86. The summed E-state index contributed by atoms with van der Waals surface area (Å²) in [6.45, 7) is 0. The van der Waals surface area contributed by atoms with E-state index in [-0.39, 0.29) is 5.91 Å². The predicted molar refractivity (Wildman–Crippen MR) is 64.5 cm³/mol. The van der Waals surface area contributed by atoms with Gasteiger partial charge in [0.25, 0.3) is 5.91 Å². The third kappa shape index (κ3) is 1.44. The van der Waals surface area contributed by atoms with E-state index in [0.717, 1.165) is 5.69 Å². The lowest BCUT2D eigenvalue weighted by atomic mass is 10.1. The Labute approximate surface area is 98.1 Å². The molecular formula is C12H10N4O. The summed E-state index contributed by atoms with van der Waals surface area (Å²) in [5.41, 5.74) is 2.07. The molecule has 5 heteroatoms. The highest BCUT2D eigenvalue weighted by atomic mass is 16.2. The first-order valence-corrected chi connectivity index (χ1v) is 5.21. The molecule has 0 spiro atoms. The molecule has 0 aliphatic carbocycles. The van der Waals surface area contributed by atoms with Crippen molar-refractivity contribution in [1.82, 2.24) is 9.97 Å². The van der Waals surface area contributed by atoms with Crippen LogP contribution in [0.2, 0.25) is 0 Å². The van der Waals surface area contributed by atoms with Gasteiger partial charge in [-0.05, 0) is 12.1 Å². The molecule has 0 radical (unpaired) electrons. The van der Waals surface area contributed by atoms with Gasteiger partial charge in [-0.15, -0.1) is 0 Å². The number of fused-ring (bicyclic) bond motifs is 2. The fourth-order valence-corrected chi connectivity index (χ4v) is 1.86. The van der Waals surface area contributed by atoms with Crippen LogP contribution in [0.15, 0.2) is 36.8 Å². The quantitative estimate of drug-likeness (QED) is 0.744. The predicted octanol–water partition coefficient (Wildman–Crippen LogP) is 1.81. The Balaban J connectivity index is 2.24. The van der Waals surface area contributed by atoms with Crippen LogP contribution < -0.4 is 10.2 Å². The molecule has 84 valence electrons. The van der Waals surface area contributed by atoms with E-state index in [0.29, 0.717) is 17.1 Å². The smallest absolute Gasteiger partial charge is 0.260 e. The van der Waals surface area contributed by atoms with Gasteiger partial charge in [-0.25, -0.2) is 9.97 Å². The molecule has 3 rings (SSSR count). The van der Waals surface area contributed by atoms with Crippen LogP contribution in [0.25, 0.3) is 0 Å². The Morgan fingerprint density at radius 1 is 1.29 bits per heavy atom. The van der Waals surface area contributed by atoms with Crippen molar-refractivity contribution < 1.29 is 4.79 Å². The zero-order valence-electron chi connectivity index (χ0n) is 9.21. The van der Waals surface area contributed by atoms with E-state index < -0.39 is 0 Å². The van der Waals surface area contributed by atoms with Crippen molar-refractivity contribution in [3.05, 3.63) is 42.4 Å². The summed E-state index contributed by atoms with van der Waals surface area (Å²) in [5, 5.41) is 3.15. The van der Waals surface area contributed by atoms with Crippen LogP contribution >= 0.6 is 0 Å². The third-order valence-corrected chi connectivity index (χ3v) is 2.77. The second kappa shape index (κ2) is 3.55. The van der Waals surface area contributed by atoms with E-state index >= 15 is 0 Å². The summed E-state index contributed by atoms with van der Waals surface area (Å²) in [6.07, 6.45) is 3.08. The van der Waals surface area contributed by atoms with E-state index in [9.17, 15) is 4.79 Å². The van der Waals surface area contributed by atoms with Crippen LogP contribution in [0.1, 0.15) is 10.4 Å².